The molecule has 0 spiro atoms. The molecule has 0 aliphatic heterocycles. The zero-order valence-corrected chi connectivity index (χ0v) is 18.3. The molecule has 150 valence electrons. The molecule has 6 nitrogen and oxygen atoms in total. The maximum Gasteiger partial charge on any atom is 0.305 e. The molecule has 8 heteroatoms. The lowest BCUT2D eigenvalue weighted by Crippen LogP contribution is -2.24. The number of rotatable bonds is 9. The lowest BCUT2D eigenvalue weighted by molar-refractivity contribution is -0.140. The summed E-state index contributed by atoms with van der Waals surface area (Å²) in [6.45, 7) is 1.45. The third-order valence-corrected chi connectivity index (χ3v) is 5.58. The fraction of sp³-hybridized carbons (Fsp3) is 0.350. The Morgan fingerprint density at radius 2 is 1.71 bits per heavy atom. The van der Waals surface area contributed by atoms with Crippen LogP contribution in [0.3, 0.4) is 0 Å². The first kappa shape index (κ1) is 22.1. The van der Waals surface area contributed by atoms with Gasteiger partial charge < -0.3 is 10.1 Å². The Morgan fingerprint density at radius 1 is 1.04 bits per heavy atom. The smallest absolute Gasteiger partial charge is 0.305 e. The summed E-state index contributed by atoms with van der Waals surface area (Å²) in [6, 6.07) is 11.0. The van der Waals surface area contributed by atoms with Gasteiger partial charge in [-0.1, -0.05) is 6.42 Å². The van der Waals surface area contributed by atoms with Crippen molar-refractivity contribution in [3.8, 4) is 0 Å². The van der Waals surface area contributed by atoms with Crippen molar-refractivity contribution in [3.63, 3.8) is 0 Å². The van der Waals surface area contributed by atoms with Gasteiger partial charge in [0.25, 0.3) is 0 Å². The fourth-order valence-corrected chi connectivity index (χ4v) is 4.05. The Bertz CT molecular complexity index is 820. The van der Waals surface area contributed by atoms with Gasteiger partial charge in [-0.3, -0.25) is 19.3 Å². The van der Waals surface area contributed by atoms with Gasteiger partial charge in [0, 0.05) is 31.1 Å². The van der Waals surface area contributed by atoms with Crippen LogP contribution in [-0.2, 0) is 19.1 Å². The van der Waals surface area contributed by atoms with Gasteiger partial charge in [-0.2, -0.15) is 0 Å². The maximum absolute atomic E-state index is 12.9. The van der Waals surface area contributed by atoms with E-state index in [1.807, 2.05) is 24.3 Å². The van der Waals surface area contributed by atoms with E-state index in [1.165, 1.54) is 25.4 Å². The predicted molar refractivity (Wildman–Crippen MR) is 115 cm³/mol. The zero-order chi connectivity index (χ0) is 20.5. The fourth-order valence-electron chi connectivity index (χ4n) is 2.65. The number of esters is 1. The minimum atomic E-state index is -0.226. The van der Waals surface area contributed by atoms with Crippen molar-refractivity contribution >= 4 is 61.4 Å². The van der Waals surface area contributed by atoms with Crippen molar-refractivity contribution in [3.05, 3.63) is 40.2 Å². The Kier molecular flexibility index (Phi) is 8.66. The van der Waals surface area contributed by atoms with Crippen molar-refractivity contribution in [2.24, 2.45) is 0 Å². The van der Waals surface area contributed by atoms with E-state index in [0.717, 1.165) is 20.9 Å². The lowest BCUT2D eigenvalue weighted by Gasteiger charge is -2.21. The number of unbranched alkanes of at least 4 members (excludes halogenated alkanes) is 2. The van der Waals surface area contributed by atoms with Gasteiger partial charge in [-0.25, -0.2) is 0 Å². The summed E-state index contributed by atoms with van der Waals surface area (Å²) in [5, 5.41) is 3.54. The highest BCUT2D eigenvalue weighted by atomic mass is 79.9. The van der Waals surface area contributed by atoms with E-state index >= 15 is 0 Å². The third kappa shape index (κ3) is 6.76. The monoisotopic (exact) mass is 466 g/mol. The highest BCUT2D eigenvalue weighted by Gasteiger charge is 2.19. The molecule has 1 N–H and O–H groups in total. The third-order valence-electron chi connectivity index (χ3n) is 3.97. The van der Waals surface area contributed by atoms with Crippen molar-refractivity contribution in [1.29, 1.82) is 0 Å². The second kappa shape index (κ2) is 11.0. The van der Waals surface area contributed by atoms with Crippen LogP contribution in [-0.4, -0.2) is 24.9 Å². The summed E-state index contributed by atoms with van der Waals surface area (Å²) >= 11 is 4.92. The topological polar surface area (TPSA) is 75.7 Å². The van der Waals surface area contributed by atoms with E-state index in [1.54, 1.807) is 17.0 Å². The number of benzene rings is 1. The average Bonchev–Trinajstić information content (AvgIpc) is 3.08. The minimum Gasteiger partial charge on any atom is -0.469 e. The van der Waals surface area contributed by atoms with Crippen molar-refractivity contribution in [1.82, 2.24) is 0 Å². The SMILES string of the molecule is COC(=O)CCCCCC(=O)N(c1ccc(NC(C)=O)cc1)c1ccc(Br)s1. The molecule has 0 unspecified atom stereocenters. The van der Waals surface area contributed by atoms with Gasteiger partial charge >= 0.3 is 5.97 Å². The molecule has 1 heterocycles. The molecule has 2 aromatic rings. The zero-order valence-electron chi connectivity index (χ0n) is 15.9. The standard InChI is InChI=1S/C20H23BrN2O4S/c1-14(24)22-15-8-10-16(11-9-15)23(19-13-12-17(21)28-19)18(25)6-4-3-5-7-20(26)27-2/h8-13H,3-7H2,1-2H3,(H,22,24). The number of hydrogen-bond donors (Lipinski definition) is 1. The number of thiophene rings is 1. The number of nitrogens with zero attached hydrogens (tertiary/aromatic N) is 1. The summed E-state index contributed by atoms with van der Waals surface area (Å²) in [6.07, 6.45) is 2.93. The number of hydrogen-bond acceptors (Lipinski definition) is 5. The number of carbonyl (C=O) groups is 3. The van der Waals surface area contributed by atoms with Gasteiger partial charge in [-0.15, -0.1) is 11.3 Å². The average molecular weight is 467 g/mol. The van der Waals surface area contributed by atoms with Crippen LogP contribution in [0, 0.1) is 0 Å². The Morgan fingerprint density at radius 3 is 2.29 bits per heavy atom. The van der Waals surface area contributed by atoms with E-state index in [4.69, 9.17) is 0 Å². The molecule has 2 amide bonds. The molecule has 0 saturated carbocycles. The number of amides is 2. The van der Waals surface area contributed by atoms with Gasteiger partial charge in [-0.05, 0) is 65.2 Å². The van der Waals surface area contributed by atoms with E-state index in [0.29, 0.717) is 31.4 Å². The first-order valence-electron chi connectivity index (χ1n) is 8.93. The van der Waals surface area contributed by atoms with Crippen LogP contribution >= 0.6 is 27.3 Å². The molecule has 1 aromatic heterocycles. The molecule has 0 aliphatic carbocycles. The van der Waals surface area contributed by atoms with Crippen LogP contribution in [0.5, 0.6) is 0 Å². The van der Waals surface area contributed by atoms with Gasteiger partial charge in [0.15, 0.2) is 0 Å². The maximum atomic E-state index is 12.9. The highest BCUT2D eigenvalue weighted by Crippen LogP contribution is 2.35. The summed E-state index contributed by atoms with van der Waals surface area (Å²) in [5.41, 5.74) is 1.42. The van der Waals surface area contributed by atoms with E-state index < -0.39 is 0 Å². The van der Waals surface area contributed by atoms with Gasteiger partial charge in [0.1, 0.15) is 5.00 Å². The van der Waals surface area contributed by atoms with Crippen molar-refractivity contribution < 1.29 is 19.1 Å². The molecule has 0 aliphatic rings. The van der Waals surface area contributed by atoms with Crippen molar-refractivity contribution in [2.45, 2.75) is 39.0 Å². The molecule has 28 heavy (non-hydrogen) atoms. The summed E-state index contributed by atoms with van der Waals surface area (Å²) in [4.78, 5) is 37.0. The van der Waals surface area contributed by atoms with E-state index in [2.05, 4.69) is 26.0 Å². The molecule has 0 fully saturated rings. The second-order valence-electron chi connectivity index (χ2n) is 6.17. The summed E-state index contributed by atoms with van der Waals surface area (Å²) in [5.74, 6) is -0.384. The van der Waals surface area contributed by atoms with E-state index in [9.17, 15) is 14.4 Å². The normalized spacial score (nSPS) is 10.4. The number of halogens is 1. The van der Waals surface area contributed by atoms with Crippen LogP contribution in [0.25, 0.3) is 0 Å². The molecule has 2 rings (SSSR count). The molecular formula is C20H23BrN2O4S. The second-order valence-corrected chi connectivity index (χ2v) is 8.61. The number of anilines is 3. The van der Waals surface area contributed by atoms with Gasteiger partial charge in [0.05, 0.1) is 10.9 Å². The van der Waals surface area contributed by atoms with Crippen LogP contribution in [0.15, 0.2) is 40.2 Å². The number of carbonyl (C=O) groups excluding carboxylic acids is 3. The highest BCUT2D eigenvalue weighted by molar-refractivity contribution is 9.11. The predicted octanol–water partition coefficient (Wildman–Crippen LogP) is 5.26. The number of nitrogens with one attached hydrogen (secondary N) is 1. The molecule has 0 atom stereocenters. The summed E-state index contributed by atoms with van der Waals surface area (Å²) in [7, 11) is 1.38. The molecule has 0 saturated heterocycles. The van der Waals surface area contributed by atoms with E-state index in [-0.39, 0.29) is 17.8 Å². The van der Waals surface area contributed by atoms with Crippen LogP contribution in [0.1, 0.15) is 39.0 Å². The Hall–Kier alpha value is -2.19. The lowest BCUT2D eigenvalue weighted by atomic mass is 10.1. The quantitative estimate of drug-likeness (QED) is 0.404. The Labute approximate surface area is 177 Å². The van der Waals surface area contributed by atoms with Crippen LogP contribution in [0.2, 0.25) is 0 Å². The first-order chi connectivity index (χ1) is 13.4. The molecule has 1 aromatic carbocycles. The molecular weight excluding hydrogens is 444 g/mol. The largest absolute Gasteiger partial charge is 0.469 e. The minimum absolute atomic E-state index is 0.0142. The Balaban J connectivity index is 2.06. The number of methoxy groups -OCH3 is 1. The molecule has 0 radical (unpaired) electrons. The summed E-state index contributed by atoms with van der Waals surface area (Å²) < 4.78 is 5.56. The van der Waals surface area contributed by atoms with Crippen molar-refractivity contribution in [2.75, 3.05) is 17.3 Å². The molecule has 0 bridgehead atoms. The van der Waals surface area contributed by atoms with Gasteiger partial charge in [0.2, 0.25) is 11.8 Å². The van der Waals surface area contributed by atoms with Crippen LogP contribution in [0.4, 0.5) is 16.4 Å². The first-order valence-corrected chi connectivity index (χ1v) is 10.5. The van der Waals surface area contributed by atoms with Crippen LogP contribution < -0.4 is 10.2 Å². The number of ether oxygens (including phenoxy) is 1.